The maximum absolute atomic E-state index is 5.37. The van der Waals surface area contributed by atoms with Crippen molar-refractivity contribution < 1.29 is 4.74 Å². The first-order valence-electron chi connectivity index (χ1n) is 5.66. The van der Waals surface area contributed by atoms with E-state index in [4.69, 9.17) is 4.74 Å². The molecule has 0 amide bonds. The Balaban J connectivity index is 2.06. The van der Waals surface area contributed by atoms with Crippen LogP contribution in [0.5, 0.6) is 0 Å². The first-order chi connectivity index (χ1) is 6.77. The quantitative estimate of drug-likeness (QED) is 0.521. The summed E-state index contributed by atoms with van der Waals surface area (Å²) in [4.78, 5) is 0. The van der Waals surface area contributed by atoms with Crippen molar-refractivity contribution in [2.75, 3.05) is 26.3 Å². The van der Waals surface area contributed by atoms with Gasteiger partial charge in [0, 0.05) is 19.8 Å². The van der Waals surface area contributed by atoms with Gasteiger partial charge in [-0.25, -0.2) is 0 Å². The predicted octanol–water partition coefficient (Wildman–Crippen LogP) is 2.36. The molecule has 2 nitrogen and oxygen atoms in total. The van der Waals surface area contributed by atoms with E-state index in [0.717, 1.165) is 32.7 Å². The van der Waals surface area contributed by atoms with Crippen molar-refractivity contribution in [3.63, 3.8) is 0 Å². The second-order valence-corrected chi connectivity index (χ2v) is 4.53. The zero-order valence-corrected chi connectivity index (χ0v) is 9.35. The van der Waals surface area contributed by atoms with Gasteiger partial charge in [-0.05, 0) is 37.6 Å². The lowest BCUT2D eigenvalue weighted by molar-refractivity contribution is 0.0242. The minimum absolute atomic E-state index is 0.465. The van der Waals surface area contributed by atoms with Gasteiger partial charge >= 0.3 is 0 Å². The SMILES string of the molecule is C=CCCCNCC1(C)CCOCC1. The number of rotatable bonds is 6. The summed E-state index contributed by atoms with van der Waals surface area (Å²) in [5, 5.41) is 3.53. The largest absolute Gasteiger partial charge is 0.381 e. The van der Waals surface area contributed by atoms with Crippen LogP contribution in [-0.4, -0.2) is 26.3 Å². The fourth-order valence-electron chi connectivity index (χ4n) is 1.80. The average Bonchev–Trinajstić information content (AvgIpc) is 2.18. The zero-order chi connectivity index (χ0) is 10.3. The van der Waals surface area contributed by atoms with Crippen LogP contribution in [0.3, 0.4) is 0 Å². The highest BCUT2D eigenvalue weighted by molar-refractivity contribution is 4.79. The smallest absolute Gasteiger partial charge is 0.0471 e. The number of allylic oxidation sites excluding steroid dienone is 1. The summed E-state index contributed by atoms with van der Waals surface area (Å²) < 4.78 is 5.37. The minimum Gasteiger partial charge on any atom is -0.381 e. The Bertz CT molecular complexity index is 162. The average molecular weight is 197 g/mol. The van der Waals surface area contributed by atoms with E-state index in [9.17, 15) is 0 Å². The molecule has 2 heteroatoms. The van der Waals surface area contributed by atoms with Crippen LogP contribution in [-0.2, 0) is 4.74 Å². The van der Waals surface area contributed by atoms with E-state index in [-0.39, 0.29) is 0 Å². The molecule has 0 atom stereocenters. The molecule has 1 saturated heterocycles. The van der Waals surface area contributed by atoms with Gasteiger partial charge in [-0.2, -0.15) is 0 Å². The number of ether oxygens (including phenoxy) is 1. The molecule has 0 aromatic heterocycles. The molecule has 1 rings (SSSR count). The lowest BCUT2D eigenvalue weighted by Crippen LogP contribution is -2.37. The lowest BCUT2D eigenvalue weighted by atomic mass is 9.82. The van der Waals surface area contributed by atoms with E-state index < -0.39 is 0 Å². The van der Waals surface area contributed by atoms with Gasteiger partial charge in [-0.3, -0.25) is 0 Å². The third-order valence-corrected chi connectivity index (χ3v) is 3.01. The first-order valence-corrected chi connectivity index (χ1v) is 5.66. The predicted molar refractivity (Wildman–Crippen MR) is 60.5 cm³/mol. The van der Waals surface area contributed by atoms with E-state index in [2.05, 4.69) is 18.8 Å². The van der Waals surface area contributed by atoms with Gasteiger partial charge in [0.05, 0.1) is 0 Å². The molecule has 82 valence electrons. The van der Waals surface area contributed by atoms with Gasteiger partial charge in [0.2, 0.25) is 0 Å². The van der Waals surface area contributed by atoms with Crippen LogP contribution in [0.15, 0.2) is 12.7 Å². The summed E-state index contributed by atoms with van der Waals surface area (Å²) in [6.07, 6.45) is 6.70. The zero-order valence-electron chi connectivity index (χ0n) is 9.35. The molecule has 0 unspecified atom stereocenters. The number of nitrogens with one attached hydrogen (secondary N) is 1. The van der Waals surface area contributed by atoms with Gasteiger partial charge in [0.15, 0.2) is 0 Å². The van der Waals surface area contributed by atoms with Crippen molar-refractivity contribution >= 4 is 0 Å². The molecule has 1 fully saturated rings. The maximum Gasteiger partial charge on any atom is 0.0471 e. The van der Waals surface area contributed by atoms with E-state index in [1.165, 1.54) is 19.3 Å². The number of hydrogen-bond acceptors (Lipinski definition) is 2. The molecule has 1 N–H and O–H groups in total. The summed E-state index contributed by atoms with van der Waals surface area (Å²) in [5.74, 6) is 0. The summed E-state index contributed by atoms with van der Waals surface area (Å²) in [7, 11) is 0. The Morgan fingerprint density at radius 2 is 2.14 bits per heavy atom. The third-order valence-electron chi connectivity index (χ3n) is 3.01. The van der Waals surface area contributed by atoms with E-state index in [1.807, 2.05) is 6.08 Å². The highest BCUT2D eigenvalue weighted by Crippen LogP contribution is 2.28. The van der Waals surface area contributed by atoms with Gasteiger partial charge in [-0.15, -0.1) is 6.58 Å². The van der Waals surface area contributed by atoms with E-state index in [0.29, 0.717) is 5.41 Å². The molecule has 0 aliphatic carbocycles. The Hall–Kier alpha value is -0.340. The van der Waals surface area contributed by atoms with E-state index >= 15 is 0 Å². The molecule has 0 aromatic rings. The lowest BCUT2D eigenvalue weighted by Gasteiger charge is -2.33. The molecule has 1 aliphatic heterocycles. The van der Waals surface area contributed by atoms with Crippen LogP contribution in [0, 0.1) is 5.41 Å². The minimum atomic E-state index is 0.465. The summed E-state index contributed by atoms with van der Waals surface area (Å²) >= 11 is 0. The van der Waals surface area contributed by atoms with Crippen molar-refractivity contribution in [1.29, 1.82) is 0 Å². The molecule has 14 heavy (non-hydrogen) atoms. The van der Waals surface area contributed by atoms with Crippen LogP contribution in [0.1, 0.15) is 32.6 Å². The Labute approximate surface area is 87.7 Å². The standard InChI is InChI=1S/C12H23NO/c1-3-4-5-8-13-11-12(2)6-9-14-10-7-12/h3,13H,1,4-11H2,2H3. The van der Waals surface area contributed by atoms with Gasteiger partial charge < -0.3 is 10.1 Å². The summed E-state index contributed by atoms with van der Waals surface area (Å²) in [5.41, 5.74) is 0.465. The second-order valence-electron chi connectivity index (χ2n) is 4.53. The third kappa shape index (κ3) is 4.25. The molecular formula is C12H23NO. The topological polar surface area (TPSA) is 21.3 Å². The summed E-state index contributed by atoms with van der Waals surface area (Å²) in [6, 6.07) is 0. The van der Waals surface area contributed by atoms with Gasteiger partial charge in [-0.1, -0.05) is 13.0 Å². The first kappa shape index (κ1) is 11.7. The fourth-order valence-corrected chi connectivity index (χ4v) is 1.80. The van der Waals surface area contributed by atoms with E-state index in [1.54, 1.807) is 0 Å². The maximum atomic E-state index is 5.37. The fraction of sp³-hybridized carbons (Fsp3) is 0.833. The number of hydrogen-bond donors (Lipinski definition) is 1. The van der Waals surface area contributed by atoms with Crippen LogP contribution in [0.4, 0.5) is 0 Å². The molecule has 1 aliphatic rings. The second kappa shape index (κ2) is 6.20. The monoisotopic (exact) mass is 197 g/mol. The van der Waals surface area contributed by atoms with Gasteiger partial charge in [0.1, 0.15) is 0 Å². The van der Waals surface area contributed by atoms with Gasteiger partial charge in [0.25, 0.3) is 0 Å². The van der Waals surface area contributed by atoms with Crippen molar-refractivity contribution in [1.82, 2.24) is 5.32 Å². The van der Waals surface area contributed by atoms with Crippen LogP contribution in [0.25, 0.3) is 0 Å². The Morgan fingerprint density at radius 1 is 1.43 bits per heavy atom. The van der Waals surface area contributed by atoms with Crippen LogP contribution >= 0.6 is 0 Å². The normalized spacial score (nSPS) is 20.6. The molecule has 0 aromatic carbocycles. The van der Waals surface area contributed by atoms with Crippen molar-refractivity contribution in [3.05, 3.63) is 12.7 Å². The molecule has 0 bridgehead atoms. The number of unbranched alkanes of at least 4 members (excludes halogenated alkanes) is 1. The summed E-state index contributed by atoms with van der Waals surface area (Å²) in [6.45, 7) is 10.2. The molecule has 1 heterocycles. The van der Waals surface area contributed by atoms with Crippen molar-refractivity contribution in [2.24, 2.45) is 5.41 Å². The highest BCUT2D eigenvalue weighted by atomic mass is 16.5. The Kier molecular flexibility index (Phi) is 5.20. The highest BCUT2D eigenvalue weighted by Gasteiger charge is 2.26. The molecule has 0 radical (unpaired) electrons. The Morgan fingerprint density at radius 3 is 2.79 bits per heavy atom. The molecule has 0 spiro atoms. The van der Waals surface area contributed by atoms with Crippen molar-refractivity contribution in [2.45, 2.75) is 32.6 Å². The molecule has 0 saturated carbocycles. The van der Waals surface area contributed by atoms with Crippen LogP contribution < -0.4 is 5.32 Å². The molecular weight excluding hydrogens is 174 g/mol. The van der Waals surface area contributed by atoms with Crippen LogP contribution in [0.2, 0.25) is 0 Å². The van der Waals surface area contributed by atoms with Crippen molar-refractivity contribution in [3.8, 4) is 0 Å².